The standard InChI is InChI=1S/C13H20ClN6O5P/c1-8-5-20(13(22)16-12(8)21)11-4-9(17-18-15)10(25-11)6-24-26(23,7-14)19(2)3/h5,9-11H,4,6-7H2,1-3H3,(H,16,21,22)/t9-,10+,11+,26?/m0/s1. The molecule has 1 aliphatic heterocycles. The first-order valence-electron chi connectivity index (χ1n) is 7.71. The molecule has 1 fully saturated rings. The largest absolute Gasteiger partial charge is 0.352 e. The fourth-order valence-corrected chi connectivity index (χ4v) is 4.21. The van der Waals surface area contributed by atoms with Gasteiger partial charge in [-0.3, -0.25) is 18.9 Å². The van der Waals surface area contributed by atoms with Crippen LogP contribution in [0.4, 0.5) is 0 Å². The Bertz CT molecular complexity index is 863. The molecule has 0 spiro atoms. The van der Waals surface area contributed by atoms with Crippen LogP contribution in [0.5, 0.6) is 0 Å². The predicted octanol–water partition coefficient (Wildman–Crippen LogP) is 1.78. The SMILES string of the molecule is Cc1cn([C@H]2C[C@H](N=[N+]=[N-])[C@@H](COP(=O)(CCl)N(C)C)O2)c(=O)[nH]c1=O. The van der Waals surface area contributed by atoms with Crippen LogP contribution in [0.15, 0.2) is 20.9 Å². The van der Waals surface area contributed by atoms with E-state index in [2.05, 4.69) is 15.0 Å². The summed E-state index contributed by atoms with van der Waals surface area (Å²) < 4.78 is 26.4. The second kappa shape index (κ2) is 8.39. The molecule has 1 aromatic heterocycles. The smallest absolute Gasteiger partial charge is 0.330 e. The van der Waals surface area contributed by atoms with Crippen LogP contribution in [0, 0.1) is 6.92 Å². The number of ether oxygens (including phenoxy) is 1. The maximum atomic E-state index is 12.5. The Morgan fingerprint density at radius 3 is 2.85 bits per heavy atom. The summed E-state index contributed by atoms with van der Waals surface area (Å²) in [5, 5.41) is 3.67. The van der Waals surface area contributed by atoms with Gasteiger partial charge in [-0.1, -0.05) is 5.11 Å². The van der Waals surface area contributed by atoms with E-state index in [9.17, 15) is 14.2 Å². The third-order valence-corrected chi connectivity index (χ3v) is 7.04. The summed E-state index contributed by atoms with van der Waals surface area (Å²) >= 11 is 5.73. The van der Waals surface area contributed by atoms with Crippen LogP contribution in [0.2, 0.25) is 0 Å². The summed E-state index contributed by atoms with van der Waals surface area (Å²) in [6.07, 6.45) is 0.117. The third kappa shape index (κ3) is 4.37. The van der Waals surface area contributed by atoms with Crippen LogP contribution in [0.1, 0.15) is 18.2 Å². The molecule has 0 aromatic carbocycles. The number of nitrogens with zero attached hydrogens (tertiary/aromatic N) is 5. The van der Waals surface area contributed by atoms with Crippen molar-refractivity contribution in [2.75, 3.05) is 26.3 Å². The molecule has 1 unspecified atom stereocenters. The first kappa shape index (κ1) is 20.7. The fourth-order valence-electron chi connectivity index (χ4n) is 2.47. The lowest BCUT2D eigenvalue weighted by atomic mass is 10.1. The van der Waals surface area contributed by atoms with Crippen LogP contribution in [-0.4, -0.2) is 52.7 Å². The van der Waals surface area contributed by atoms with Crippen LogP contribution in [0.3, 0.4) is 0 Å². The molecule has 1 aromatic rings. The Kier molecular flexibility index (Phi) is 6.68. The molecule has 1 N–H and O–H groups in total. The minimum atomic E-state index is -3.22. The Hall–Kier alpha value is -1.61. The molecule has 0 amide bonds. The second-order valence-electron chi connectivity index (χ2n) is 6.02. The predicted molar refractivity (Wildman–Crippen MR) is 95.5 cm³/mol. The molecule has 144 valence electrons. The molecule has 1 saturated heterocycles. The molecule has 0 radical (unpaired) electrons. The van der Waals surface area contributed by atoms with E-state index in [4.69, 9.17) is 26.4 Å². The van der Waals surface area contributed by atoms with Crippen LogP contribution in [0.25, 0.3) is 10.4 Å². The van der Waals surface area contributed by atoms with Gasteiger partial charge in [0.25, 0.3) is 13.1 Å². The fraction of sp³-hybridized carbons (Fsp3) is 0.692. The number of aromatic nitrogens is 2. The summed E-state index contributed by atoms with van der Waals surface area (Å²) in [5.74, 6) is 0. The van der Waals surface area contributed by atoms with Crippen molar-refractivity contribution in [1.82, 2.24) is 14.2 Å². The normalized spacial score (nSPS) is 25.0. The average Bonchev–Trinajstić information content (AvgIpc) is 2.99. The quantitative estimate of drug-likeness (QED) is 0.240. The zero-order valence-electron chi connectivity index (χ0n) is 14.5. The van der Waals surface area contributed by atoms with E-state index in [-0.39, 0.29) is 18.6 Å². The van der Waals surface area contributed by atoms with E-state index in [1.54, 1.807) is 21.0 Å². The minimum Gasteiger partial charge on any atom is -0.352 e. The number of halogens is 1. The zero-order chi connectivity index (χ0) is 19.5. The van der Waals surface area contributed by atoms with Crippen molar-refractivity contribution in [3.05, 3.63) is 43.0 Å². The highest BCUT2D eigenvalue weighted by Gasteiger charge is 2.38. The summed E-state index contributed by atoms with van der Waals surface area (Å²) in [5.41, 5.74) is 7.78. The van der Waals surface area contributed by atoms with E-state index in [0.717, 1.165) is 0 Å². The molecule has 11 nitrogen and oxygen atoms in total. The topological polar surface area (TPSA) is 142 Å². The van der Waals surface area contributed by atoms with Gasteiger partial charge in [-0.25, -0.2) is 9.46 Å². The zero-order valence-corrected chi connectivity index (χ0v) is 16.2. The van der Waals surface area contributed by atoms with Gasteiger partial charge in [0, 0.05) is 23.1 Å². The van der Waals surface area contributed by atoms with Gasteiger partial charge in [-0.15, -0.1) is 11.6 Å². The van der Waals surface area contributed by atoms with Crippen molar-refractivity contribution in [2.24, 2.45) is 5.11 Å². The number of hydrogen-bond donors (Lipinski definition) is 1. The molecule has 0 bridgehead atoms. The van der Waals surface area contributed by atoms with Crippen molar-refractivity contribution in [2.45, 2.75) is 31.7 Å². The van der Waals surface area contributed by atoms with Gasteiger partial charge >= 0.3 is 5.69 Å². The number of hydrogen-bond acceptors (Lipinski definition) is 6. The van der Waals surface area contributed by atoms with Crippen LogP contribution in [-0.2, 0) is 13.8 Å². The molecule has 4 atom stereocenters. The van der Waals surface area contributed by atoms with Crippen molar-refractivity contribution in [1.29, 1.82) is 0 Å². The number of nitrogens with one attached hydrogen (secondary N) is 1. The van der Waals surface area contributed by atoms with E-state index >= 15 is 0 Å². The molecule has 2 heterocycles. The molecule has 13 heteroatoms. The molecule has 26 heavy (non-hydrogen) atoms. The highest BCUT2D eigenvalue weighted by molar-refractivity contribution is 7.58. The summed E-state index contributed by atoms with van der Waals surface area (Å²) in [6, 6.07) is -0.630. The molecule has 0 aliphatic carbocycles. The number of H-pyrrole nitrogens is 1. The van der Waals surface area contributed by atoms with Gasteiger partial charge in [0.2, 0.25) is 0 Å². The van der Waals surface area contributed by atoms with Crippen molar-refractivity contribution < 1.29 is 13.8 Å². The maximum Gasteiger partial charge on any atom is 0.330 e. The van der Waals surface area contributed by atoms with E-state index in [1.807, 2.05) is 0 Å². The number of aryl methyl sites for hydroxylation is 1. The van der Waals surface area contributed by atoms with E-state index in [0.29, 0.717) is 5.56 Å². The number of azide groups is 1. The van der Waals surface area contributed by atoms with Gasteiger partial charge in [-0.2, -0.15) is 0 Å². The summed E-state index contributed by atoms with van der Waals surface area (Å²) in [7, 11) is -0.0610. The highest BCUT2D eigenvalue weighted by atomic mass is 35.5. The average molecular weight is 407 g/mol. The number of alkyl halides is 1. The Morgan fingerprint density at radius 2 is 2.27 bits per heavy atom. The van der Waals surface area contributed by atoms with Gasteiger partial charge in [0.1, 0.15) is 11.8 Å². The summed E-state index contributed by atoms with van der Waals surface area (Å²) in [4.78, 5) is 28.5. The first-order valence-corrected chi connectivity index (χ1v) is 10.0. The van der Waals surface area contributed by atoms with Gasteiger partial charge in [0.15, 0.2) is 0 Å². The second-order valence-corrected chi connectivity index (χ2v) is 9.31. The molecule has 2 rings (SSSR count). The monoisotopic (exact) mass is 406 g/mol. The third-order valence-electron chi connectivity index (χ3n) is 4.06. The maximum absolute atomic E-state index is 12.5. The van der Waals surface area contributed by atoms with E-state index in [1.165, 1.54) is 15.4 Å². The molecule has 0 saturated carbocycles. The first-order chi connectivity index (χ1) is 12.2. The van der Waals surface area contributed by atoms with Gasteiger partial charge in [0.05, 0.1) is 18.8 Å². The molecule has 1 aliphatic rings. The lowest BCUT2D eigenvalue weighted by Crippen LogP contribution is -2.33. The van der Waals surface area contributed by atoms with Crippen molar-refractivity contribution in [3.8, 4) is 0 Å². The molecular weight excluding hydrogens is 387 g/mol. The lowest BCUT2D eigenvalue weighted by molar-refractivity contribution is -0.0229. The minimum absolute atomic E-state index is 0.126. The number of rotatable bonds is 7. The lowest BCUT2D eigenvalue weighted by Gasteiger charge is -2.25. The summed E-state index contributed by atoms with van der Waals surface area (Å²) in [6.45, 7) is 1.43. The van der Waals surface area contributed by atoms with E-state index < -0.39 is 37.1 Å². The highest BCUT2D eigenvalue weighted by Crippen LogP contribution is 2.50. The Labute approximate surface area is 154 Å². The van der Waals surface area contributed by atoms with Crippen molar-refractivity contribution >= 4 is 19.1 Å². The Balaban J connectivity index is 2.22. The van der Waals surface area contributed by atoms with Crippen molar-refractivity contribution in [3.63, 3.8) is 0 Å². The Morgan fingerprint density at radius 1 is 1.58 bits per heavy atom. The molecular formula is C13H20ClN6O5P. The van der Waals surface area contributed by atoms with Crippen LogP contribution < -0.4 is 11.2 Å². The van der Waals surface area contributed by atoms with Gasteiger partial charge in [-0.05, 0) is 26.6 Å². The van der Waals surface area contributed by atoms with Crippen LogP contribution >= 0.6 is 19.1 Å². The number of aromatic amines is 1. The van der Waals surface area contributed by atoms with Gasteiger partial charge < -0.3 is 9.26 Å².